The Morgan fingerprint density at radius 2 is 1.35 bits per heavy atom. The minimum absolute atomic E-state index is 0.0544. The molecule has 0 bridgehead atoms. The summed E-state index contributed by atoms with van der Waals surface area (Å²) in [4.78, 5) is 18.8. The molecule has 6 rings (SSSR count). The molecule has 4 aromatic rings. The second-order valence-corrected chi connectivity index (χ2v) is 8.27. The van der Waals surface area contributed by atoms with E-state index in [0.29, 0.717) is 19.0 Å². The topological polar surface area (TPSA) is 60.9 Å². The Morgan fingerprint density at radius 3 is 2.12 bits per heavy atom. The predicted molar refractivity (Wildman–Crippen MR) is 130 cm³/mol. The van der Waals surface area contributed by atoms with Gasteiger partial charge in [0.25, 0.3) is 5.91 Å². The molecule has 2 aliphatic heterocycles. The van der Waals surface area contributed by atoms with E-state index in [4.69, 9.17) is 19.2 Å². The average Bonchev–Trinajstić information content (AvgIpc) is 2.90. The van der Waals surface area contributed by atoms with E-state index in [9.17, 15) is 4.79 Å². The van der Waals surface area contributed by atoms with Gasteiger partial charge in [-0.2, -0.15) is 0 Å². The van der Waals surface area contributed by atoms with Crippen molar-refractivity contribution in [3.63, 3.8) is 0 Å². The molecule has 1 aromatic heterocycles. The summed E-state index contributed by atoms with van der Waals surface area (Å²) in [5.74, 6) is 2.09. The molecule has 3 heterocycles. The van der Waals surface area contributed by atoms with Gasteiger partial charge in [-0.25, -0.2) is 4.98 Å². The smallest absolute Gasteiger partial charge is 0.264 e. The Hall–Kier alpha value is -4.32. The fourth-order valence-corrected chi connectivity index (χ4v) is 4.26. The average molecular weight is 450 g/mol. The van der Waals surface area contributed by atoms with Gasteiger partial charge in [0, 0.05) is 18.2 Å². The molecule has 0 aliphatic carbocycles. The van der Waals surface area contributed by atoms with Gasteiger partial charge in [-0.1, -0.05) is 30.3 Å². The van der Waals surface area contributed by atoms with E-state index in [1.165, 1.54) is 0 Å². The van der Waals surface area contributed by atoms with Crippen LogP contribution in [0.4, 0.5) is 5.69 Å². The number of likely N-dealkylation sites (N-methyl/N-ethyl adjacent to an activating group) is 1. The Kier molecular flexibility index (Phi) is 4.91. The third kappa shape index (κ3) is 3.63. The molecule has 6 nitrogen and oxygen atoms in total. The maximum Gasteiger partial charge on any atom is 0.264 e. The molecule has 0 unspecified atom stereocenters. The summed E-state index contributed by atoms with van der Waals surface area (Å²) >= 11 is 0. The first-order valence-corrected chi connectivity index (χ1v) is 11.2. The van der Waals surface area contributed by atoms with Crippen LogP contribution in [-0.4, -0.2) is 37.8 Å². The monoisotopic (exact) mass is 450 g/mol. The van der Waals surface area contributed by atoms with Crippen LogP contribution in [0.5, 0.6) is 17.2 Å². The molecule has 0 saturated heterocycles. The number of carbonyl (C=O) groups excluding carboxylic acids is 1. The van der Waals surface area contributed by atoms with Gasteiger partial charge in [0.15, 0.2) is 18.1 Å². The third-order valence-corrected chi connectivity index (χ3v) is 6.11. The van der Waals surface area contributed by atoms with Gasteiger partial charge in [-0.3, -0.25) is 4.79 Å². The second-order valence-electron chi connectivity index (χ2n) is 8.27. The summed E-state index contributed by atoms with van der Waals surface area (Å²) in [6.45, 7) is 1.14. The van der Waals surface area contributed by atoms with Gasteiger partial charge < -0.3 is 19.1 Å². The van der Waals surface area contributed by atoms with E-state index in [1.807, 2.05) is 54.6 Å². The van der Waals surface area contributed by atoms with Gasteiger partial charge in [0.1, 0.15) is 19.0 Å². The molecule has 0 saturated carbocycles. The molecule has 0 fully saturated rings. The first-order valence-electron chi connectivity index (χ1n) is 11.2. The summed E-state index contributed by atoms with van der Waals surface area (Å²) < 4.78 is 17.1. The summed E-state index contributed by atoms with van der Waals surface area (Å²) in [5, 5.41) is 0. The number of nitrogens with zero attached hydrogens (tertiary/aromatic N) is 2. The van der Waals surface area contributed by atoms with Crippen LogP contribution < -0.4 is 19.1 Å². The number of benzene rings is 3. The highest BCUT2D eigenvalue weighted by atomic mass is 16.6. The normalized spacial score (nSPS) is 14.4. The molecule has 0 radical (unpaired) electrons. The fraction of sp³-hybridized carbons (Fsp3) is 0.143. The van der Waals surface area contributed by atoms with Crippen molar-refractivity contribution in [2.75, 3.05) is 31.8 Å². The van der Waals surface area contributed by atoms with E-state index in [0.717, 1.165) is 50.8 Å². The molecule has 3 aromatic carbocycles. The van der Waals surface area contributed by atoms with Gasteiger partial charge in [-0.05, 0) is 59.7 Å². The van der Waals surface area contributed by atoms with Gasteiger partial charge >= 0.3 is 0 Å². The highest BCUT2D eigenvalue weighted by Crippen LogP contribution is 2.38. The number of pyridine rings is 1. The van der Waals surface area contributed by atoms with E-state index in [1.54, 1.807) is 11.9 Å². The third-order valence-electron chi connectivity index (χ3n) is 6.11. The lowest BCUT2D eigenvalue weighted by molar-refractivity contribution is -0.120. The van der Waals surface area contributed by atoms with Crippen molar-refractivity contribution in [1.29, 1.82) is 0 Å². The summed E-state index contributed by atoms with van der Waals surface area (Å²) in [5.41, 5.74) is 6.36. The highest BCUT2D eigenvalue weighted by molar-refractivity contribution is 5.98. The van der Waals surface area contributed by atoms with Crippen molar-refractivity contribution in [2.45, 2.75) is 0 Å². The minimum atomic E-state index is -0.0763. The lowest BCUT2D eigenvalue weighted by Crippen LogP contribution is -2.35. The van der Waals surface area contributed by atoms with Crippen molar-refractivity contribution < 1.29 is 19.0 Å². The quantitative estimate of drug-likeness (QED) is 0.429. The van der Waals surface area contributed by atoms with Gasteiger partial charge in [0.2, 0.25) is 0 Å². The lowest BCUT2D eigenvalue weighted by Gasteiger charge is -2.26. The molecule has 0 N–H and O–H groups in total. The SMILES string of the molecule is CN1C(=O)COc2ccc(-c3cc(-c4ccccc4)cc(-c4ccc5c(c4)OCCO5)n3)cc21. The zero-order chi connectivity index (χ0) is 23.1. The zero-order valence-corrected chi connectivity index (χ0v) is 18.7. The van der Waals surface area contributed by atoms with Crippen LogP contribution in [0.25, 0.3) is 33.6 Å². The van der Waals surface area contributed by atoms with Crippen LogP contribution in [-0.2, 0) is 4.79 Å². The largest absolute Gasteiger partial charge is 0.486 e. The summed E-state index contributed by atoms with van der Waals surface area (Å²) in [6.07, 6.45) is 0. The molecule has 1 amide bonds. The molecule has 0 atom stereocenters. The maximum atomic E-state index is 12.2. The number of hydrogen-bond donors (Lipinski definition) is 0. The second kappa shape index (κ2) is 8.23. The van der Waals surface area contributed by atoms with E-state index in [-0.39, 0.29) is 12.5 Å². The Labute approximate surface area is 197 Å². The Balaban J connectivity index is 1.50. The van der Waals surface area contributed by atoms with E-state index < -0.39 is 0 Å². The van der Waals surface area contributed by atoms with Gasteiger partial charge in [0.05, 0.1) is 17.1 Å². The fourth-order valence-electron chi connectivity index (χ4n) is 4.26. The maximum absolute atomic E-state index is 12.2. The van der Waals surface area contributed by atoms with E-state index >= 15 is 0 Å². The molecule has 168 valence electrons. The van der Waals surface area contributed by atoms with Crippen LogP contribution in [0.3, 0.4) is 0 Å². The Bertz CT molecular complexity index is 1400. The number of fused-ring (bicyclic) bond motifs is 2. The minimum Gasteiger partial charge on any atom is -0.486 e. The molecule has 2 aliphatic rings. The highest BCUT2D eigenvalue weighted by Gasteiger charge is 2.23. The lowest BCUT2D eigenvalue weighted by atomic mass is 9.99. The van der Waals surface area contributed by atoms with E-state index in [2.05, 4.69) is 24.3 Å². The van der Waals surface area contributed by atoms with Crippen LogP contribution in [0.15, 0.2) is 78.9 Å². The summed E-state index contributed by atoms with van der Waals surface area (Å²) in [6, 6.07) is 26.1. The predicted octanol–water partition coefficient (Wildman–Crippen LogP) is 5.21. The first-order chi connectivity index (χ1) is 16.7. The molecule has 0 spiro atoms. The summed E-state index contributed by atoms with van der Waals surface area (Å²) in [7, 11) is 1.77. The molecule has 6 heteroatoms. The van der Waals surface area contributed by atoms with Crippen molar-refractivity contribution in [3.05, 3.63) is 78.9 Å². The number of ether oxygens (including phenoxy) is 3. The Morgan fingerprint density at radius 1 is 0.676 bits per heavy atom. The first kappa shape index (κ1) is 20.3. The number of rotatable bonds is 3. The van der Waals surface area contributed by atoms with Crippen LogP contribution in [0, 0.1) is 0 Å². The molecular formula is C28H22N2O4. The van der Waals surface area contributed by atoms with Crippen LogP contribution in [0.2, 0.25) is 0 Å². The van der Waals surface area contributed by atoms with Gasteiger partial charge in [-0.15, -0.1) is 0 Å². The number of amides is 1. The van der Waals surface area contributed by atoms with Crippen LogP contribution >= 0.6 is 0 Å². The standard InChI is InChI=1S/C28H22N2O4/c1-30-24-15-19(7-9-25(24)34-17-28(30)31)22-13-21(18-5-3-2-4-6-18)14-23(29-22)20-8-10-26-27(16-20)33-12-11-32-26/h2-10,13-16H,11-12,17H2,1H3. The van der Waals surface area contributed by atoms with Crippen LogP contribution in [0.1, 0.15) is 0 Å². The number of aromatic nitrogens is 1. The van der Waals surface area contributed by atoms with Crippen molar-refractivity contribution >= 4 is 11.6 Å². The number of carbonyl (C=O) groups is 1. The number of hydrogen-bond acceptors (Lipinski definition) is 5. The molecular weight excluding hydrogens is 428 g/mol. The van der Waals surface area contributed by atoms with Crippen molar-refractivity contribution in [1.82, 2.24) is 4.98 Å². The van der Waals surface area contributed by atoms with Crippen molar-refractivity contribution in [2.24, 2.45) is 0 Å². The van der Waals surface area contributed by atoms with Crippen molar-refractivity contribution in [3.8, 4) is 50.9 Å². The molecule has 34 heavy (non-hydrogen) atoms. The zero-order valence-electron chi connectivity index (χ0n) is 18.7. The number of anilines is 1.